The summed E-state index contributed by atoms with van der Waals surface area (Å²) in [5.41, 5.74) is 0.876. The lowest BCUT2D eigenvalue weighted by Crippen LogP contribution is -2.25. The zero-order valence-electron chi connectivity index (χ0n) is 11.1. The lowest BCUT2D eigenvalue weighted by atomic mass is 9.71. The molecule has 0 amide bonds. The second kappa shape index (κ2) is 5.16. The lowest BCUT2D eigenvalue weighted by molar-refractivity contribution is 0.0983. The molecule has 0 aromatic heterocycles. The van der Waals surface area contributed by atoms with Crippen LogP contribution in [0.25, 0.3) is 0 Å². The Labute approximate surface area is 90.2 Å². The number of hydrogen-bond donors (Lipinski definition) is 0. The van der Waals surface area contributed by atoms with Gasteiger partial charge in [0.2, 0.25) is 0 Å². The van der Waals surface area contributed by atoms with Gasteiger partial charge in [0, 0.05) is 7.11 Å². The third-order valence-corrected chi connectivity index (χ3v) is 3.64. The zero-order chi connectivity index (χ0) is 11.4. The third-order valence-electron chi connectivity index (χ3n) is 3.64. The smallest absolute Gasteiger partial charge is 0.0582 e. The third kappa shape index (κ3) is 3.27. The van der Waals surface area contributed by atoms with Crippen molar-refractivity contribution in [2.75, 3.05) is 7.11 Å². The van der Waals surface area contributed by atoms with E-state index in [1.807, 2.05) is 7.11 Å². The molecular weight excluding hydrogens is 172 g/mol. The molecule has 0 aliphatic heterocycles. The van der Waals surface area contributed by atoms with Gasteiger partial charge in [-0.15, -0.1) is 0 Å². The van der Waals surface area contributed by atoms with Gasteiger partial charge in [-0.25, -0.2) is 0 Å². The van der Waals surface area contributed by atoms with E-state index < -0.39 is 0 Å². The molecule has 14 heavy (non-hydrogen) atoms. The maximum Gasteiger partial charge on any atom is 0.0582 e. The van der Waals surface area contributed by atoms with E-state index in [2.05, 4.69) is 41.5 Å². The van der Waals surface area contributed by atoms with Gasteiger partial charge in [-0.3, -0.25) is 0 Å². The molecule has 0 heterocycles. The average molecular weight is 200 g/mol. The van der Waals surface area contributed by atoms with E-state index in [0.717, 1.165) is 0 Å². The topological polar surface area (TPSA) is 9.23 Å². The Hall–Kier alpha value is -0.0400. The highest BCUT2D eigenvalue weighted by Gasteiger charge is 2.46. The molecule has 0 N–H and O–H groups in total. The van der Waals surface area contributed by atoms with E-state index in [1.165, 1.54) is 19.3 Å². The maximum atomic E-state index is 5.38. The van der Waals surface area contributed by atoms with Crippen LogP contribution in [0.15, 0.2) is 0 Å². The Morgan fingerprint density at radius 2 is 1.29 bits per heavy atom. The summed E-state index contributed by atoms with van der Waals surface area (Å²) in [6.07, 6.45) is 4.15. The summed E-state index contributed by atoms with van der Waals surface area (Å²) >= 11 is 0. The molecule has 1 aliphatic carbocycles. The Morgan fingerprint density at radius 1 is 1.00 bits per heavy atom. The Balaban J connectivity index is 0.000000500. The minimum atomic E-state index is 0.438. The van der Waals surface area contributed by atoms with Crippen LogP contribution in [0.1, 0.15) is 60.8 Å². The van der Waals surface area contributed by atoms with Crippen LogP contribution in [-0.2, 0) is 4.74 Å². The first kappa shape index (κ1) is 14.0. The molecule has 0 saturated heterocycles. The summed E-state index contributed by atoms with van der Waals surface area (Å²) in [5, 5.41) is 0. The molecule has 1 saturated carbocycles. The molecule has 1 heteroatoms. The second-order valence-electron chi connectivity index (χ2n) is 5.74. The molecule has 0 unspecified atom stereocenters. The van der Waals surface area contributed by atoms with Gasteiger partial charge in [-0.2, -0.15) is 0 Å². The Kier molecular flexibility index (Phi) is 5.14. The number of rotatable bonds is 1. The Bertz CT molecular complexity index is 143. The van der Waals surface area contributed by atoms with E-state index in [4.69, 9.17) is 4.74 Å². The second-order valence-corrected chi connectivity index (χ2v) is 5.74. The van der Waals surface area contributed by atoms with E-state index >= 15 is 0 Å². The molecule has 0 bridgehead atoms. The van der Waals surface area contributed by atoms with Crippen molar-refractivity contribution < 1.29 is 4.74 Å². The van der Waals surface area contributed by atoms with Gasteiger partial charge in [0.05, 0.1) is 6.10 Å². The van der Waals surface area contributed by atoms with Crippen molar-refractivity contribution in [2.45, 2.75) is 66.9 Å². The van der Waals surface area contributed by atoms with Crippen LogP contribution in [0.5, 0.6) is 0 Å². The van der Waals surface area contributed by atoms with E-state index in [-0.39, 0.29) is 0 Å². The minimum Gasteiger partial charge on any atom is -0.381 e. The predicted molar refractivity (Wildman–Crippen MR) is 63.6 cm³/mol. The Morgan fingerprint density at radius 3 is 1.43 bits per heavy atom. The molecule has 0 aromatic rings. The lowest BCUT2D eigenvalue weighted by Gasteiger charge is -2.34. The summed E-state index contributed by atoms with van der Waals surface area (Å²) in [4.78, 5) is 0. The highest BCUT2D eigenvalue weighted by atomic mass is 16.5. The molecule has 1 rings (SSSR count). The van der Waals surface area contributed by atoms with Crippen LogP contribution in [-0.4, -0.2) is 13.2 Å². The predicted octanol–water partition coefficient (Wildman–Crippen LogP) is 4.26. The molecule has 0 aromatic carbocycles. The average Bonchev–Trinajstić information content (AvgIpc) is 2.23. The molecular formula is C13H28O. The van der Waals surface area contributed by atoms with E-state index in [9.17, 15) is 0 Å². The molecule has 1 fully saturated rings. The molecule has 1 nitrogen and oxygen atoms in total. The summed E-state index contributed by atoms with van der Waals surface area (Å²) in [6, 6.07) is 0. The first-order valence-corrected chi connectivity index (χ1v) is 5.83. The van der Waals surface area contributed by atoms with Gasteiger partial charge in [0.15, 0.2) is 0 Å². The summed E-state index contributed by atoms with van der Waals surface area (Å²) in [5.74, 6) is 0. The van der Waals surface area contributed by atoms with Crippen molar-refractivity contribution in [2.24, 2.45) is 10.8 Å². The van der Waals surface area contributed by atoms with Gasteiger partial charge in [0.1, 0.15) is 0 Å². The highest BCUT2D eigenvalue weighted by Crippen LogP contribution is 2.52. The van der Waals surface area contributed by atoms with Crippen molar-refractivity contribution in [3.05, 3.63) is 0 Å². The standard InChI is InChI=1S/C10H20O.C3H8/c1-9(2)6-8(11-5)7-10(9,3)4;1-3-2/h8H,6-7H2,1-5H3;3H2,1-2H3. The summed E-state index contributed by atoms with van der Waals surface area (Å²) in [6.45, 7) is 13.6. The maximum absolute atomic E-state index is 5.38. The molecule has 0 atom stereocenters. The van der Waals surface area contributed by atoms with Crippen LogP contribution in [0.4, 0.5) is 0 Å². The summed E-state index contributed by atoms with van der Waals surface area (Å²) in [7, 11) is 1.82. The number of ether oxygens (including phenoxy) is 1. The number of hydrogen-bond acceptors (Lipinski definition) is 1. The van der Waals surface area contributed by atoms with Crippen LogP contribution in [0, 0.1) is 10.8 Å². The van der Waals surface area contributed by atoms with Gasteiger partial charge in [-0.1, -0.05) is 48.0 Å². The fourth-order valence-electron chi connectivity index (χ4n) is 1.93. The largest absolute Gasteiger partial charge is 0.381 e. The molecule has 86 valence electrons. The van der Waals surface area contributed by atoms with Crippen molar-refractivity contribution in [3.63, 3.8) is 0 Å². The van der Waals surface area contributed by atoms with Crippen LogP contribution in [0.3, 0.4) is 0 Å². The highest BCUT2D eigenvalue weighted by molar-refractivity contribution is 4.96. The first-order chi connectivity index (χ1) is 6.30. The van der Waals surface area contributed by atoms with Crippen LogP contribution in [0.2, 0.25) is 0 Å². The van der Waals surface area contributed by atoms with Crippen molar-refractivity contribution in [1.29, 1.82) is 0 Å². The van der Waals surface area contributed by atoms with Gasteiger partial charge >= 0.3 is 0 Å². The zero-order valence-corrected chi connectivity index (χ0v) is 11.1. The quantitative estimate of drug-likeness (QED) is 0.614. The van der Waals surface area contributed by atoms with Crippen LogP contribution < -0.4 is 0 Å². The van der Waals surface area contributed by atoms with E-state index in [1.54, 1.807) is 0 Å². The fourth-order valence-corrected chi connectivity index (χ4v) is 1.93. The molecule has 1 aliphatic rings. The van der Waals surface area contributed by atoms with E-state index in [0.29, 0.717) is 16.9 Å². The molecule has 0 spiro atoms. The van der Waals surface area contributed by atoms with Crippen molar-refractivity contribution >= 4 is 0 Å². The SMILES string of the molecule is CCC.COC1CC(C)(C)C(C)(C)C1. The van der Waals surface area contributed by atoms with Crippen molar-refractivity contribution in [3.8, 4) is 0 Å². The monoisotopic (exact) mass is 200 g/mol. The fraction of sp³-hybridized carbons (Fsp3) is 1.00. The van der Waals surface area contributed by atoms with Gasteiger partial charge in [-0.05, 0) is 23.7 Å². The summed E-state index contributed by atoms with van der Waals surface area (Å²) < 4.78 is 5.38. The first-order valence-electron chi connectivity index (χ1n) is 5.83. The normalized spacial score (nSPS) is 24.2. The van der Waals surface area contributed by atoms with Gasteiger partial charge < -0.3 is 4.74 Å². The van der Waals surface area contributed by atoms with Crippen molar-refractivity contribution in [1.82, 2.24) is 0 Å². The minimum absolute atomic E-state index is 0.438. The van der Waals surface area contributed by atoms with Crippen LogP contribution >= 0.6 is 0 Å². The number of methoxy groups -OCH3 is 1. The van der Waals surface area contributed by atoms with Gasteiger partial charge in [0.25, 0.3) is 0 Å². The molecule has 0 radical (unpaired) electrons.